The second-order valence-electron chi connectivity index (χ2n) is 1.54. The van der Waals surface area contributed by atoms with Gasteiger partial charge in [0.15, 0.2) is 0 Å². The molecule has 1 N–H and O–H groups in total. The average Bonchev–Trinajstić information content (AvgIpc) is 1.91. The molecule has 0 aliphatic carbocycles. The van der Waals surface area contributed by atoms with Gasteiger partial charge in [-0.05, 0) is 0 Å². The second-order valence-corrected chi connectivity index (χ2v) is 2.76. The van der Waals surface area contributed by atoms with Gasteiger partial charge in [0.25, 0.3) is 0 Å². The van der Waals surface area contributed by atoms with Gasteiger partial charge in [0.2, 0.25) is 0 Å². The summed E-state index contributed by atoms with van der Waals surface area (Å²) in [7, 11) is 0. The minimum Gasteiger partial charge on any atom is -1.00 e. The Morgan fingerprint density at radius 1 is 1.44 bits per heavy atom. The van der Waals surface area contributed by atoms with Crippen LogP contribution in [0, 0.1) is 6.92 Å². The van der Waals surface area contributed by atoms with Crippen LogP contribution in [-0.4, -0.2) is 4.98 Å². The molecule has 0 saturated carbocycles. The quantitative estimate of drug-likeness (QED) is 0.467. The van der Waals surface area contributed by atoms with Crippen molar-refractivity contribution in [3.05, 3.63) is 17.8 Å². The van der Waals surface area contributed by atoms with Crippen LogP contribution >= 0.6 is 0 Å². The maximum atomic E-state index is 3.11. The summed E-state index contributed by atoms with van der Waals surface area (Å²) in [6, 6.07) is 2.09. The third-order valence-corrected chi connectivity index (χ3v) is 2.28. The van der Waals surface area contributed by atoms with Crippen LogP contribution in [0.15, 0.2) is 12.3 Å². The van der Waals surface area contributed by atoms with E-state index in [0.717, 1.165) is 0 Å². The Labute approximate surface area is 82.3 Å². The predicted octanol–water partition coefficient (Wildman–Crippen LogP) is -5.50. The largest absolute Gasteiger partial charge is 1.00 e. The van der Waals surface area contributed by atoms with Gasteiger partial charge >= 0.3 is 57.9 Å². The van der Waals surface area contributed by atoms with E-state index < -0.39 is 0 Å². The van der Waals surface area contributed by atoms with Crippen LogP contribution in [0.5, 0.6) is 0 Å². The summed E-state index contributed by atoms with van der Waals surface area (Å²) in [4.78, 5) is 3.11. The Kier molecular flexibility index (Phi) is 7.62. The van der Waals surface area contributed by atoms with E-state index in [0.29, 0.717) is 0 Å². The van der Waals surface area contributed by atoms with E-state index in [2.05, 4.69) is 18.0 Å². The van der Waals surface area contributed by atoms with Gasteiger partial charge in [0.05, 0.1) is 0 Å². The first-order valence-corrected chi connectivity index (χ1v) is 3.39. The zero-order chi connectivity index (χ0) is 5.28. The molecule has 49 valence electrons. The molecular formula is C5H6Cl2NZr. The Morgan fingerprint density at radius 3 is 2.11 bits per heavy atom. The molecule has 1 nitrogen and oxygen atoms in total. The van der Waals surface area contributed by atoms with Gasteiger partial charge in [0, 0.05) is 0 Å². The van der Waals surface area contributed by atoms with E-state index in [9.17, 15) is 0 Å². The van der Waals surface area contributed by atoms with Gasteiger partial charge < -0.3 is 24.8 Å². The fourth-order valence-electron chi connectivity index (χ4n) is 0.447. The predicted molar refractivity (Wildman–Crippen MR) is 25.2 cm³/mol. The van der Waals surface area contributed by atoms with Gasteiger partial charge in [-0.2, -0.15) is 0 Å². The van der Waals surface area contributed by atoms with E-state index in [1.54, 1.807) is 0 Å². The van der Waals surface area contributed by atoms with Crippen molar-refractivity contribution in [2.75, 3.05) is 0 Å². The zero-order valence-electron chi connectivity index (χ0n) is 4.91. The number of rotatable bonds is 0. The van der Waals surface area contributed by atoms with Gasteiger partial charge in [0.1, 0.15) is 0 Å². The third kappa shape index (κ3) is 3.44. The molecule has 0 radical (unpaired) electrons. The summed E-state index contributed by atoms with van der Waals surface area (Å²) < 4.78 is 1.35. The number of H-pyrrole nitrogens is 1. The molecule has 0 unspecified atom stereocenters. The maximum absolute atomic E-state index is 3.11. The molecule has 1 aromatic heterocycles. The standard InChI is InChI=1S/C5H6N.2ClH.Zr/c1-5-2-3-6-4-5;;;/h2-3,6H,1H3;2*1H;/q;;;+2/p-2. The second kappa shape index (κ2) is 5.52. The SMILES string of the molecule is Cc1cc[nH][c]1[Zr+2].[Cl-].[Cl-]. The van der Waals surface area contributed by atoms with Crippen molar-refractivity contribution in [2.24, 2.45) is 0 Å². The van der Waals surface area contributed by atoms with Crippen LogP contribution in [0.25, 0.3) is 0 Å². The van der Waals surface area contributed by atoms with Crippen molar-refractivity contribution in [3.63, 3.8) is 0 Å². The Bertz CT molecular complexity index is 147. The summed E-state index contributed by atoms with van der Waals surface area (Å²) in [5, 5.41) is 0. The number of hydrogen-bond acceptors (Lipinski definition) is 0. The normalized spacial score (nSPS) is 7.44. The molecule has 0 fully saturated rings. The van der Waals surface area contributed by atoms with Gasteiger partial charge in [-0.25, -0.2) is 0 Å². The molecule has 0 aliphatic rings. The minimum atomic E-state index is 0. The fourth-order valence-corrected chi connectivity index (χ4v) is 0.857. The van der Waals surface area contributed by atoms with Crippen molar-refractivity contribution >= 4 is 3.40 Å². The fraction of sp³-hybridized carbons (Fsp3) is 0.200. The van der Waals surface area contributed by atoms with Crippen molar-refractivity contribution in [1.29, 1.82) is 0 Å². The Morgan fingerprint density at radius 2 is 2.00 bits per heavy atom. The monoisotopic (exact) mass is 240 g/mol. The van der Waals surface area contributed by atoms with Gasteiger partial charge in [-0.1, -0.05) is 0 Å². The summed E-state index contributed by atoms with van der Waals surface area (Å²) in [5.41, 5.74) is 1.37. The first-order valence-electron chi connectivity index (χ1n) is 2.16. The molecule has 1 rings (SSSR count). The Balaban J connectivity index is 0. The summed E-state index contributed by atoms with van der Waals surface area (Å²) in [6.45, 7) is 2.11. The number of aryl methyl sites for hydroxylation is 1. The van der Waals surface area contributed by atoms with E-state index in [1.165, 1.54) is 33.7 Å². The molecule has 0 spiro atoms. The number of halogens is 2. The first-order chi connectivity index (χ1) is 3.30. The van der Waals surface area contributed by atoms with E-state index in [1.807, 2.05) is 6.20 Å². The van der Waals surface area contributed by atoms with Crippen LogP contribution in [0.2, 0.25) is 0 Å². The number of hydrogen-bond donors (Lipinski definition) is 1. The maximum Gasteiger partial charge on any atom is -1.00 e. The molecule has 1 heterocycles. The van der Waals surface area contributed by atoms with Crippen LogP contribution in [0.4, 0.5) is 0 Å². The molecule has 0 aliphatic heterocycles. The molecule has 0 bridgehead atoms. The van der Waals surface area contributed by atoms with Gasteiger partial charge in [-0.15, -0.1) is 0 Å². The van der Waals surface area contributed by atoms with Crippen molar-refractivity contribution in [3.8, 4) is 0 Å². The van der Waals surface area contributed by atoms with Crippen LogP contribution in [0.3, 0.4) is 0 Å². The van der Waals surface area contributed by atoms with Crippen molar-refractivity contribution in [1.82, 2.24) is 4.98 Å². The average molecular weight is 242 g/mol. The number of aromatic nitrogens is 1. The summed E-state index contributed by atoms with van der Waals surface area (Å²) in [6.07, 6.45) is 1.97. The number of nitrogens with one attached hydrogen (secondary N) is 1. The van der Waals surface area contributed by atoms with Crippen LogP contribution < -0.4 is 28.2 Å². The van der Waals surface area contributed by atoms with E-state index in [-0.39, 0.29) is 24.8 Å². The van der Waals surface area contributed by atoms with Crippen LogP contribution in [-0.2, 0) is 24.7 Å². The molecule has 0 atom stereocenters. The van der Waals surface area contributed by atoms with Crippen LogP contribution in [0.1, 0.15) is 5.56 Å². The van der Waals surface area contributed by atoms with Crippen molar-refractivity contribution < 1.29 is 49.5 Å². The third-order valence-electron chi connectivity index (χ3n) is 0.955. The topological polar surface area (TPSA) is 15.8 Å². The van der Waals surface area contributed by atoms with Gasteiger partial charge in [-0.3, -0.25) is 0 Å². The molecule has 1 aromatic rings. The first kappa shape index (κ1) is 12.4. The molecule has 0 saturated heterocycles. The molecule has 9 heavy (non-hydrogen) atoms. The van der Waals surface area contributed by atoms with E-state index in [4.69, 9.17) is 0 Å². The molecule has 0 amide bonds. The smallest absolute Gasteiger partial charge is 1.00 e. The van der Waals surface area contributed by atoms with Crippen molar-refractivity contribution in [2.45, 2.75) is 6.92 Å². The summed E-state index contributed by atoms with van der Waals surface area (Å²) in [5.74, 6) is 0. The number of aromatic amines is 1. The van der Waals surface area contributed by atoms with E-state index >= 15 is 0 Å². The summed E-state index contributed by atoms with van der Waals surface area (Å²) >= 11 is 1.47. The molecule has 0 aromatic carbocycles. The molecular weight excluding hydrogens is 236 g/mol. The minimum absolute atomic E-state index is 0. The molecule has 4 heteroatoms. The Hall–Kier alpha value is 0.743. The zero-order valence-corrected chi connectivity index (χ0v) is 8.88.